The summed E-state index contributed by atoms with van der Waals surface area (Å²) in [5.41, 5.74) is 3.46. The molecule has 1 aliphatic rings. The van der Waals surface area contributed by atoms with E-state index in [1.54, 1.807) is 0 Å². The normalized spacial score (nSPS) is 14.8. The second-order valence-electron chi connectivity index (χ2n) is 3.04. The van der Waals surface area contributed by atoms with Crippen molar-refractivity contribution in [3.05, 3.63) is 41.0 Å². The van der Waals surface area contributed by atoms with E-state index in [4.69, 9.17) is 0 Å². The minimum atomic E-state index is 0. The van der Waals surface area contributed by atoms with Gasteiger partial charge in [-0.25, -0.2) is 0 Å². The van der Waals surface area contributed by atoms with Gasteiger partial charge in [0.2, 0.25) is 0 Å². The molecule has 0 bridgehead atoms. The van der Waals surface area contributed by atoms with Crippen LogP contribution >= 0.6 is 0 Å². The molecule has 0 atom stereocenters. The molecule has 0 radical (unpaired) electrons. The number of carbonyl (C=O) groups excluding carboxylic acids is 1. The van der Waals surface area contributed by atoms with Crippen molar-refractivity contribution in [2.24, 2.45) is 0 Å². The summed E-state index contributed by atoms with van der Waals surface area (Å²) in [6, 6.07) is 8.22. The van der Waals surface area contributed by atoms with Crippen LogP contribution in [0.1, 0.15) is 19.0 Å². The highest BCUT2D eigenvalue weighted by Crippen LogP contribution is 2.21. The third-order valence-corrected chi connectivity index (χ3v) is 2.23. The SMILES string of the molecule is O=CC1=Cc2ccccc2CC1.[H+]. The summed E-state index contributed by atoms with van der Waals surface area (Å²) in [6.45, 7) is 0. The van der Waals surface area contributed by atoms with Crippen LogP contribution in [-0.4, -0.2) is 6.29 Å². The van der Waals surface area contributed by atoms with Crippen LogP contribution < -0.4 is 0 Å². The van der Waals surface area contributed by atoms with E-state index < -0.39 is 0 Å². The third kappa shape index (κ3) is 1.18. The van der Waals surface area contributed by atoms with Gasteiger partial charge in [-0.3, -0.25) is 4.79 Å². The zero-order chi connectivity index (χ0) is 8.39. The lowest BCUT2D eigenvalue weighted by Crippen LogP contribution is -1.99. The molecule has 1 aliphatic carbocycles. The van der Waals surface area contributed by atoms with Crippen LogP contribution in [0.5, 0.6) is 0 Å². The highest BCUT2D eigenvalue weighted by Gasteiger charge is 2.07. The summed E-state index contributed by atoms with van der Waals surface area (Å²) in [4.78, 5) is 10.5. The Bertz CT molecular complexity index is 342. The summed E-state index contributed by atoms with van der Waals surface area (Å²) >= 11 is 0. The maximum Gasteiger partial charge on any atom is 1.00 e. The average molecular weight is 159 g/mol. The smallest absolute Gasteiger partial charge is 0.298 e. The van der Waals surface area contributed by atoms with Crippen molar-refractivity contribution in [3.8, 4) is 0 Å². The summed E-state index contributed by atoms with van der Waals surface area (Å²) in [7, 11) is 0. The van der Waals surface area contributed by atoms with Crippen LogP contribution in [0.2, 0.25) is 0 Å². The van der Waals surface area contributed by atoms with E-state index in [0.717, 1.165) is 24.7 Å². The Kier molecular flexibility index (Phi) is 1.78. The lowest BCUT2D eigenvalue weighted by atomic mass is 9.93. The summed E-state index contributed by atoms with van der Waals surface area (Å²) in [5, 5.41) is 0. The Balaban J connectivity index is 0.000000845. The minimum absolute atomic E-state index is 0. The Morgan fingerprint density at radius 3 is 2.92 bits per heavy atom. The molecule has 0 heterocycles. The van der Waals surface area contributed by atoms with E-state index in [-0.39, 0.29) is 1.43 Å². The van der Waals surface area contributed by atoms with Crippen LogP contribution in [0.4, 0.5) is 0 Å². The summed E-state index contributed by atoms with van der Waals surface area (Å²) < 4.78 is 0. The first-order valence-corrected chi connectivity index (χ1v) is 4.14. The molecule has 12 heavy (non-hydrogen) atoms. The summed E-state index contributed by atoms with van der Waals surface area (Å²) in [6.07, 6.45) is 4.82. The number of carbonyl (C=O) groups is 1. The fourth-order valence-electron chi connectivity index (χ4n) is 1.55. The fraction of sp³-hybridized carbons (Fsp3) is 0.182. The van der Waals surface area contributed by atoms with Crippen LogP contribution in [-0.2, 0) is 11.2 Å². The number of rotatable bonds is 1. The highest BCUT2D eigenvalue weighted by atomic mass is 16.1. The van der Waals surface area contributed by atoms with Crippen molar-refractivity contribution in [1.29, 1.82) is 0 Å². The van der Waals surface area contributed by atoms with Gasteiger partial charge >= 0.3 is 1.43 Å². The molecule has 1 nitrogen and oxygen atoms in total. The maximum atomic E-state index is 10.5. The lowest BCUT2D eigenvalue weighted by molar-refractivity contribution is -0.105. The molecule has 60 valence electrons. The van der Waals surface area contributed by atoms with Crippen molar-refractivity contribution in [3.63, 3.8) is 0 Å². The Labute approximate surface area is 73.2 Å². The van der Waals surface area contributed by atoms with Crippen LogP contribution in [0.15, 0.2) is 29.8 Å². The second kappa shape index (κ2) is 2.94. The molecule has 1 heteroatoms. The minimum Gasteiger partial charge on any atom is -0.298 e. The molecule has 0 aliphatic heterocycles. The van der Waals surface area contributed by atoms with Gasteiger partial charge in [-0.15, -0.1) is 0 Å². The van der Waals surface area contributed by atoms with Gasteiger partial charge in [-0.2, -0.15) is 0 Å². The van der Waals surface area contributed by atoms with E-state index in [2.05, 4.69) is 12.1 Å². The molecule has 0 spiro atoms. The highest BCUT2D eigenvalue weighted by molar-refractivity contribution is 5.83. The molecule has 1 aromatic carbocycles. The van der Waals surface area contributed by atoms with Crippen LogP contribution in [0.25, 0.3) is 6.08 Å². The van der Waals surface area contributed by atoms with Gasteiger partial charge in [-0.05, 0) is 35.6 Å². The summed E-state index contributed by atoms with van der Waals surface area (Å²) in [5.74, 6) is 0. The maximum absolute atomic E-state index is 10.5. The predicted molar refractivity (Wildman–Crippen MR) is 49.9 cm³/mol. The second-order valence-corrected chi connectivity index (χ2v) is 3.04. The van der Waals surface area contributed by atoms with Gasteiger partial charge < -0.3 is 0 Å². The molecule has 2 rings (SSSR count). The average Bonchev–Trinajstić information content (AvgIpc) is 2.17. The van der Waals surface area contributed by atoms with E-state index in [1.807, 2.05) is 18.2 Å². The molecule has 0 N–H and O–H groups in total. The molecule has 0 unspecified atom stereocenters. The fourth-order valence-corrected chi connectivity index (χ4v) is 1.55. The predicted octanol–water partition coefficient (Wildman–Crippen LogP) is 2.33. The zero-order valence-corrected chi connectivity index (χ0v) is 6.79. The Hall–Kier alpha value is -1.37. The van der Waals surface area contributed by atoms with Gasteiger partial charge in [-0.1, -0.05) is 24.3 Å². The monoisotopic (exact) mass is 159 g/mol. The van der Waals surface area contributed by atoms with E-state index in [0.29, 0.717) is 0 Å². The largest absolute Gasteiger partial charge is 1.00 e. The molecule has 1 aromatic rings. The molecule has 0 fully saturated rings. The molecule has 0 amide bonds. The van der Waals surface area contributed by atoms with Crippen molar-refractivity contribution in [1.82, 2.24) is 0 Å². The first-order chi connectivity index (χ1) is 5.90. The first kappa shape index (κ1) is 7.29. The van der Waals surface area contributed by atoms with E-state index in [1.165, 1.54) is 11.1 Å². The molecule has 0 saturated heterocycles. The number of fused-ring (bicyclic) bond motifs is 1. The van der Waals surface area contributed by atoms with Gasteiger partial charge in [0.25, 0.3) is 0 Å². The molecule has 0 saturated carbocycles. The van der Waals surface area contributed by atoms with Crippen molar-refractivity contribution >= 4 is 12.4 Å². The van der Waals surface area contributed by atoms with E-state index in [9.17, 15) is 4.79 Å². The number of hydrogen-bond donors (Lipinski definition) is 0. The van der Waals surface area contributed by atoms with Gasteiger partial charge in [0, 0.05) is 0 Å². The lowest BCUT2D eigenvalue weighted by Gasteiger charge is -2.11. The van der Waals surface area contributed by atoms with Crippen LogP contribution in [0, 0.1) is 0 Å². The standard InChI is InChI=1S/C11H10O/c12-8-9-5-6-10-3-1-2-4-11(10)7-9/h1-4,7-8H,5-6H2/p+1. The Morgan fingerprint density at radius 1 is 1.25 bits per heavy atom. The van der Waals surface area contributed by atoms with E-state index >= 15 is 0 Å². The Morgan fingerprint density at radius 2 is 2.08 bits per heavy atom. The van der Waals surface area contributed by atoms with Gasteiger partial charge in [0.1, 0.15) is 6.29 Å². The van der Waals surface area contributed by atoms with Crippen LogP contribution in [0.3, 0.4) is 0 Å². The molecular formula is C11H11O+. The van der Waals surface area contributed by atoms with Crippen molar-refractivity contribution in [2.75, 3.05) is 0 Å². The number of aldehydes is 1. The quantitative estimate of drug-likeness (QED) is 0.575. The topological polar surface area (TPSA) is 17.1 Å². The van der Waals surface area contributed by atoms with Crippen molar-refractivity contribution in [2.45, 2.75) is 12.8 Å². The number of allylic oxidation sites excluding steroid dienone is 1. The number of benzene rings is 1. The van der Waals surface area contributed by atoms with Gasteiger partial charge in [0.15, 0.2) is 0 Å². The van der Waals surface area contributed by atoms with Gasteiger partial charge in [0.05, 0.1) is 0 Å². The third-order valence-electron chi connectivity index (χ3n) is 2.23. The number of hydrogen-bond acceptors (Lipinski definition) is 1. The van der Waals surface area contributed by atoms with Crippen molar-refractivity contribution < 1.29 is 6.22 Å². The molecule has 0 aromatic heterocycles. The zero-order valence-electron chi connectivity index (χ0n) is 7.79. The molecular weight excluding hydrogens is 148 g/mol. The number of aryl methyl sites for hydroxylation is 1. The first-order valence-electron chi connectivity index (χ1n) is 4.14.